The lowest BCUT2D eigenvalue weighted by atomic mass is 10.0. The second-order valence-corrected chi connectivity index (χ2v) is 7.99. The molecule has 0 aliphatic heterocycles. The van der Waals surface area contributed by atoms with Crippen molar-refractivity contribution in [2.45, 2.75) is 31.9 Å². The molecule has 9 heteroatoms. The Labute approximate surface area is 190 Å². The fourth-order valence-corrected chi connectivity index (χ4v) is 4.32. The highest BCUT2D eigenvalue weighted by Gasteiger charge is 2.25. The molecule has 9 nitrogen and oxygen atoms in total. The molecule has 0 fully saturated rings. The van der Waals surface area contributed by atoms with Crippen molar-refractivity contribution < 1.29 is 29.3 Å². The second kappa shape index (κ2) is 9.13. The molecule has 3 N–H and O–H groups in total. The number of aromatic hydroxyl groups is 1. The topological polar surface area (TPSA) is 119 Å². The summed E-state index contributed by atoms with van der Waals surface area (Å²) in [6, 6.07) is 9.76. The number of nitrogens with zero attached hydrogens (tertiary/aromatic N) is 1. The van der Waals surface area contributed by atoms with Crippen LogP contribution in [0, 0.1) is 0 Å². The smallest absolute Gasteiger partial charge is 0.330 e. The van der Waals surface area contributed by atoms with E-state index in [-0.39, 0.29) is 23.9 Å². The third-order valence-electron chi connectivity index (χ3n) is 5.84. The average Bonchev–Trinajstić information content (AvgIpc) is 3.19. The van der Waals surface area contributed by atoms with Gasteiger partial charge in [0.2, 0.25) is 0 Å². The van der Waals surface area contributed by atoms with Gasteiger partial charge in [-0.2, -0.15) is 0 Å². The Morgan fingerprint density at radius 1 is 1.12 bits per heavy atom. The van der Waals surface area contributed by atoms with Crippen molar-refractivity contribution >= 4 is 16.9 Å². The SMILES string of the molecule is COc1cc2c(cc1OC)CC(NCC(O)c1ccc(O)c3c1ccc(=O)n3OC(C)=O)C2. The summed E-state index contributed by atoms with van der Waals surface area (Å²) in [5.74, 6) is 0.435. The first-order valence-corrected chi connectivity index (χ1v) is 10.5. The second-order valence-electron chi connectivity index (χ2n) is 7.99. The number of carbonyl (C=O) groups excluding carboxylic acids is 1. The Morgan fingerprint density at radius 2 is 1.76 bits per heavy atom. The highest BCUT2D eigenvalue weighted by Crippen LogP contribution is 2.35. The number of hydrogen-bond donors (Lipinski definition) is 3. The number of ether oxygens (including phenoxy) is 2. The van der Waals surface area contributed by atoms with Gasteiger partial charge in [0.1, 0.15) is 11.3 Å². The molecule has 0 saturated heterocycles. The van der Waals surface area contributed by atoms with Crippen molar-refractivity contribution in [3.63, 3.8) is 0 Å². The fourth-order valence-electron chi connectivity index (χ4n) is 4.32. The predicted octanol–water partition coefficient (Wildman–Crippen LogP) is 1.49. The third-order valence-corrected chi connectivity index (χ3v) is 5.84. The van der Waals surface area contributed by atoms with Gasteiger partial charge < -0.3 is 29.8 Å². The molecular formula is C24H26N2O7. The molecule has 0 bridgehead atoms. The van der Waals surface area contributed by atoms with E-state index < -0.39 is 17.6 Å². The maximum atomic E-state index is 12.2. The van der Waals surface area contributed by atoms with E-state index in [0.29, 0.717) is 22.4 Å². The van der Waals surface area contributed by atoms with Crippen LogP contribution in [0.25, 0.3) is 10.9 Å². The third kappa shape index (κ3) is 4.37. The van der Waals surface area contributed by atoms with Crippen LogP contribution in [0.2, 0.25) is 0 Å². The number of aromatic nitrogens is 1. The van der Waals surface area contributed by atoms with Crippen LogP contribution in [0.15, 0.2) is 41.2 Å². The number of aliphatic hydroxyl groups excluding tert-OH is 1. The van der Waals surface area contributed by atoms with Crippen LogP contribution >= 0.6 is 0 Å². The number of fused-ring (bicyclic) bond motifs is 2. The number of phenolic OH excluding ortho intramolecular Hbond substituents is 1. The first kappa shape index (κ1) is 22.6. The van der Waals surface area contributed by atoms with E-state index in [1.165, 1.54) is 29.3 Å². The van der Waals surface area contributed by atoms with Gasteiger partial charge in [-0.25, -0.2) is 4.79 Å². The molecule has 1 heterocycles. The quantitative estimate of drug-likeness (QED) is 0.491. The number of carbonyl (C=O) groups is 1. The minimum atomic E-state index is -0.927. The highest BCUT2D eigenvalue weighted by molar-refractivity contribution is 5.88. The minimum Gasteiger partial charge on any atom is -0.506 e. The molecule has 2 aromatic carbocycles. The summed E-state index contributed by atoms with van der Waals surface area (Å²) in [5.41, 5.74) is 2.25. The van der Waals surface area contributed by atoms with Gasteiger partial charge >= 0.3 is 5.97 Å². The molecule has 4 rings (SSSR count). The number of hydrogen-bond acceptors (Lipinski definition) is 8. The molecule has 1 aliphatic carbocycles. The zero-order valence-corrected chi connectivity index (χ0v) is 18.6. The molecule has 1 aromatic heterocycles. The van der Waals surface area contributed by atoms with Crippen LogP contribution in [0.1, 0.15) is 29.7 Å². The van der Waals surface area contributed by atoms with Crippen LogP contribution in [0.5, 0.6) is 17.2 Å². The van der Waals surface area contributed by atoms with Crippen molar-refractivity contribution in [2.75, 3.05) is 20.8 Å². The number of phenols is 1. The standard InChI is InChI=1S/C24H26N2O7/c1-13(27)33-26-23(30)7-5-18-17(4-6-19(28)24(18)26)20(29)12-25-16-8-14-10-21(31-2)22(32-3)11-15(14)9-16/h4-7,10-11,16,20,25,28-29H,8-9,12H2,1-3H3. The number of rotatable bonds is 7. The Morgan fingerprint density at radius 3 is 2.33 bits per heavy atom. The van der Waals surface area contributed by atoms with Crippen LogP contribution in [-0.4, -0.2) is 47.7 Å². The highest BCUT2D eigenvalue weighted by atomic mass is 16.7. The lowest BCUT2D eigenvalue weighted by Crippen LogP contribution is -2.33. The van der Waals surface area contributed by atoms with E-state index >= 15 is 0 Å². The molecule has 0 saturated carbocycles. The molecule has 0 spiro atoms. The molecular weight excluding hydrogens is 428 g/mol. The number of aliphatic hydroxyl groups is 1. The van der Waals surface area contributed by atoms with Gasteiger partial charge in [0.25, 0.3) is 5.56 Å². The van der Waals surface area contributed by atoms with Gasteiger partial charge in [0.05, 0.1) is 20.3 Å². The van der Waals surface area contributed by atoms with E-state index in [9.17, 15) is 19.8 Å². The van der Waals surface area contributed by atoms with E-state index in [4.69, 9.17) is 14.3 Å². The van der Waals surface area contributed by atoms with Gasteiger partial charge in [-0.05, 0) is 53.8 Å². The van der Waals surface area contributed by atoms with Crippen LogP contribution in [0.3, 0.4) is 0 Å². The molecule has 0 amide bonds. The zero-order chi connectivity index (χ0) is 23.7. The summed E-state index contributed by atoms with van der Waals surface area (Å²) in [6.07, 6.45) is 0.638. The Bertz CT molecular complexity index is 1230. The summed E-state index contributed by atoms with van der Waals surface area (Å²) in [7, 11) is 3.21. The van der Waals surface area contributed by atoms with E-state index in [1.54, 1.807) is 20.3 Å². The minimum absolute atomic E-state index is 0.0294. The maximum Gasteiger partial charge on any atom is 0.330 e. The summed E-state index contributed by atoms with van der Waals surface area (Å²) >= 11 is 0. The molecule has 33 heavy (non-hydrogen) atoms. The molecule has 1 unspecified atom stereocenters. The van der Waals surface area contributed by atoms with Crippen LogP contribution in [-0.2, 0) is 17.6 Å². The van der Waals surface area contributed by atoms with Gasteiger partial charge in [-0.1, -0.05) is 6.07 Å². The predicted molar refractivity (Wildman–Crippen MR) is 121 cm³/mol. The largest absolute Gasteiger partial charge is 0.506 e. The van der Waals surface area contributed by atoms with Crippen molar-refractivity contribution in [3.8, 4) is 17.2 Å². The monoisotopic (exact) mass is 454 g/mol. The summed E-state index contributed by atoms with van der Waals surface area (Å²) < 4.78 is 11.5. The summed E-state index contributed by atoms with van der Waals surface area (Å²) in [6.45, 7) is 1.41. The molecule has 174 valence electrons. The normalized spacial score (nSPS) is 14.2. The Kier molecular flexibility index (Phi) is 6.26. The van der Waals surface area contributed by atoms with Gasteiger partial charge in [0.15, 0.2) is 11.5 Å². The van der Waals surface area contributed by atoms with E-state index in [2.05, 4.69) is 5.32 Å². The van der Waals surface area contributed by atoms with Gasteiger partial charge in [-0.15, -0.1) is 4.73 Å². The summed E-state index contributed by atoms with van der Waals surface area (Å²) in [5, 5.41) is 25.0. The van der Waals surface area contributed by atoms with E-state index in [1.807, 2.05) is 12.1 Å². The lowest BCUT2D eigenvalue weighted by molar-refractivity contribution is -0.141. The molecule has 3 aromatic rings. The average molecular weight is 454 g/mol. The van der Waals surface area contributed by atoms with Crippen LogP contribution < -0.4 is 25.2 Å². The van der Waals surface area contributed by atoms with Crippen LogP contribution in [0.4, 0.5) is 0 Å². The first-order valence-electron chi connectivity index (χ1n) is 10.5. The van der Waals surface area contributed by atoms with Crippen molar-refractivity contribution in [3.05, 3.63) is 63.4 Å². The molecule has 1 atom stereocenters. The molecule has 1 aliphatic rings. The number of benzene rings is 2. The summed E-state index contributed by atoms with van der Waals surface area (Å²) in [4.78, 5) is 28.6. The Hall–Kier alpha value is -3.56. The number of nitrogens with one attached hydrogen (secondary N) is 1. The van der Waals surface area contributed by atoms with E-state index in [0.717, 1.165) is 24.5 Å². The van der Waals surface area contributed by atoms with Gasteiger partial charge in [-0.3, -0.25) is 4.79 Å². The number of methoxy groups -OCH3 is 2. The van der Waals surface area contributed by atoms with Crippen molar-refractivity contribution in [1.82, 2.24) is 10.0 Å². The fraction of sp³-hybridized carbons (Fsp3) is 0.333. The number of pyridine rings is 1. The Balaban J connectivity index is 1.54. The molecule has 0 radical (unpaired) electrons. The van der Waals surface area contributed by atoms with Crippen molar-refractivity contribution in [1.29, 1.82) is 0 Å². The van der Waals surface area contributed by atoms with Crippen molar-refractivity contribution in [2.24, 2.45) is 0 Å². The lowest BCUT2D eigenvalue weighted by Gasteiger charge is -2.19. The maximum absolute atomic E-state index is 12.2. The first-order chi connectivity index (χ1) is 15.8. The van der Waals surface area contributed by atoms with Gasteiger partial charge in [0, 0.05) is 31.0 Å². The zero-order valence-electron chi connectivity index (χ0n) is 18.6.